The molecule has 1 saturated carbocycles. The predicted octanol–water partition coefficient (Wildman–Crippen LogP) is 3.83. The highest BCUT2D eigenvalue weighted by Gasteiger charge is 2.33. The summed E-state index contributed by atoms with van der Waals surface area (Å²) in [7, 11) is -3.79. The van der Waals surface area contributed by atoms with Crippen LogP contribution in [0.3, 0.4) is 0 Å². The number of nitrogens with zero attached hydrogens (tertiary/aromatic N) is 3. The number of benzene rings is 2. The van der Waals surface area contributed by atoms with Crippen molar-refractivity contribution in [3.63, 3.8) is 0 Å². The van der Waals surface area contributed by atoms with Gasteiger partial charge in [0, 0.05) is 18.0 Å². The number of aromatic nitrogens is 2. The molecule has 9 heteroatoms. The monoisotopic (exact) mass is 466 g/mol. The molecule has 2 aromatic carbocycles. The minimum atomic E-state index is -3.79. The number of anilines is 1. The van der Waals surface area contributed by atoms with E-state index < -0.39 is 22.0 Å². The van der Waals surface area contributed by atoms with E-state index in [0.717, 1.165) is 18.4 Å². The van der Waals surface area contributed by atoms with Crippen molar-refractivity contribution >= 4 is 21.6 Å². The zero-order chi connectivity index (χ0) is 23.2. The summed E-state index contributed by atoms with van der Waals surface area (Å²) in [6.07, 6.45) is 2.78. The Morgan fingerprint density at radius 1 is 1.15 bits per heavy atom. The van der Waals surface area contributed by atoms with Crippen LogP contribution in [0.15, 0.2) is 57.9 Å². The SMILES string of the molecule is CC(C)C(NC(=O)c1cccc(S(=O)(=O)N2CCc3ccccc32)c1)c1nc(C2CC2)no1. The van der Waals surface area contributed by atoms with E-state index in [0.29, 0.717) is 36.3 Å². The van der Waals surface area contributed by atoms with E-state index in [2.05, 4.69) is 15.5 Å². The Morgan fingerprint density at radius 3 is 2.70 bits per heavy atom. The molecule has 1 amide bonds. The molecule has 0 radical (unpaired) electrons. The lowest BCUT2D eigenvalue weighted by Gasteiger charge is -2.21. The van der Waals surface area contributed by atoms with E-state index in [1.807, 2.05) is 38.1 Å². The maximum Gasteiger partial charge on any atom is 0.264 e. The van der Waals surface area contributed by atoms with Crippen LogP contribution in [0.4, 0.5) is 5.69 Å². The van der Waals surface area contributed by atoms with Gasteiger partial charge in [0.15, 0.2) is 5.82 Å². The minimum absolute atomic E-state index is 0.00877. The van der Waals surface area contributed by atoms with Gasteiger partial charge in [0.2, 0.25) is 5.89 Å². The van der Waals surface area contributed by atoms with Crippen molar-refractivity contribution in [2.45, 2.75) is 50.0 Å². The van der Waals surface area contributed by atoms with E-state index in [1.54, 1.807) is 12.1 Å². The Bertz CT molecular complexity index is 1300. The molecule has 8 nitrogen and oxygen atoms in total. The lowest BCUT2D eigenvalue weighted by atomic mass is 10.0. The average molecular weight is 467 g/mol. The van der Waals surface area contributed by atoms with Gasteiger partial charge in [-0.25, -0.2) is 8.42 Å². The Morgan fingerprint density at radius 2 is 1.94 bits per heavy atom. The summed E-state index contributed by atoms with van der Waals surface area (Å²) in [5.74, 6) is 1.03. The summed E-state index contributed by atoms with van der Waals surface area (Å²) >= 11 is 0. The van der Waals surface area contributed by atoms with Crippen molar-refractivity contribution < 1.29 is 17.7 Å². The van der Waals surface area contributed by atoms with Gasteiger partial charge in [-0.15, -0.1) is 0 Å². The fraction of sp³-hybridized carbons (Fsp3) is 0.375. The fourth-order valence-electron chi connectivity index (χ4n) is 4.10. The Balaban J connectivity index is 1.38. The van der Waals surface area contributed by atoms with Gasteiger partial charge < -0.3 is 9.84 Å². The number of hydrogen-bond acceptors (Lipinski definition) is 6. The topological polar surface area (TPSA) is 105 Å². The Kier molecular flexibility index (Phi) is 5.44. The van der Waals surface area contributed by atoms with E-state index in [4.69, 9.17) is 4.52 Å². The lowest BCUT2D eigenvalue weighted by molar-refractivity contribution is 0.0913. The summed E-state index contributed by atoms with van der Waals surface area (Å²) in [5, 5.41) is 6.99. The van der Waals surface area contributed by atoms with Crippen molar-refractivity contribution in [3.8, 4) is 0 Å². The van der Waals surface area contributed by atoms with Crippen molar-refractivity contribution in [1.82, 2.24) is 15.5 Å². The van der Waals surface area contributed by atoms with Crippen molar-refractivity contribution in [1.29, 1.82) is 0 Å². The number of nitrogens with one attached hydrogen (secondary N) is 1. The van der Waals surface area contributed by atoms with Gasteiger partial charge >= 0.3 is 0 Å². The van der Waals surface area contributed by atoms with Crippen LogP contribution < -0.4 is 9.62 Å². The number of carbonyl (C=O) groups is 1. The highest BCUT2D eigenvalue weighted by Crippen LogP contribution is 2.39. The van der Waals surface area contributed by atoms with Gasteiger partial charge in [-0.3, -0.25) is 9.10 Å². The minimum Gasteiger partial charge on any atom is -0.340 e. The first-order valence-corrected chi connectivity index (χ1v) is 12.6. The molecule has 2 heterocycles. The Hall–Kier alpha value is -3.20. The number of amides is 1. The highest BCUT2D eigenvalue weighted by atomic mass is 32.2. The second-order valence-electron chi connectivity index (χ2n) is 8.94. The van der Waals surface area contributed by atoms with Crippen molar-refractivity contribution in [3.05, 3.63) is 71.4 Å². The van der Waals surface area contributed by atoms with Crippen LogP contribution in [0.5, 0.6) is 0 Å². The van der Waals surface area contributed by atoms with E-state index in [9.17, 15) is 13.2 Å². The second-order valence-corrected chi connectivity index (χ2v) is 10.8. The first-order valence-electron chi connectivity index (χ1n) is 11.2. The molecule has 172 valence electrons. The molecule has 2 aliphatic rings. The van der Waals surface area contributed by atoms with Crippen molar-refractivity contribution in [2.75, 3.05) is 10.8 Å². The number of fused-ring (bicyclic) bond motifs is 1. The van der Waals surface area contributed by atoms with Gasteiger partial charge in [0.1, 0.15) is 6.04 Å². The van der Waals surface area contributed by atoms with Crippen LogP contribution in [0, 0.1) is 5.92 Å². The number of rotatable bonds is 7. The molecule has 33 heavy (non-hydrogen) atoms. The van der Waals surface area contributed by atoms with Crippen LogP contribution in [-0.4, -0.2) is 31.0 Å². The summed E-state index contributed by atoms with van der Waals surface area (Å²) in [5.41, 5.74) is 1.95. The average Bonchev–Trinajstić information content (AvgIpc) is 3.38. The largest absolute Gasteiger partial charge is 0.340 e. The maximum atomic E-state index is 13.4. The molecule has 0 saturated heterocycles. The molecule has 1 fully saturated rings. The standard InChI is InChI=1S/C24H26N4O4S/c1-15(2)21(24-26-22(27-32-24)17-10-11-17)25-23(29)18-7-5-8-19(14-18)33(30,31)28-13-12-16-6-3-4-9-20(16)28/h3-9,14-15,17,21H,10-13H2,1-2H3,(H,25,29). The van der Waals surface area contributed by atoms with Crippen LogP contribution in [0.1, 0.15) is 66.3 Å². The van der Waals surface area contributed by atoms with E-state index >= 15 is 0 Å². The molecule has 0 bridgehead atoms. The van der Waals surface area contributed by atoms with Gasteiger partial charge in [-0.05, 0) is 55.0 Å². The van der Waals surface area contributed by atoms with Crippen LogP contribution in [0.2, 0.25) is 0 Å². The van der Waals surface area contributed by atoms with Crippen LogP contribution >= 0.6 is 0 Å². The number of carbonyl (C=O) groups excluding carboxylic acids is 1. The third kappa shape index (κ3) is 4.13. The molecule has 5 rings (SSSR count). The van der Waals surface area contributed by atoms with E-state index in [-0.39, 0.29) is 16.4 Å². The maximum absolute atomic E-state index is 13.4. The smallest absolute Gasteiger partial charge is 0.264 e. The Labute approximate surface area is 193 Å². The fourth-order valence-corrected chi connectivity index (χ4v) is 5.65. The number of hydrogen-bond donors (Lipinski definition) is 1. The van der Waals surface area contributed by atoms with Gasteiger partial charge in [-0.1, -0.05) is 43.3 Å². The molecule has 1 aliphatic heterocycles. The molecule has 0 spiro atoms. The summed E-state index contributed by atoms with van der Waals surface area (Å²) < 4.78 is 33.6. The number of para-hydroxylation sites is 1. The quantitative estimate of drug-likeness (QED) is 0.567. The molecule has 1 N–H and O–H groups in total. The predicted molar refractivity (Wildman–Crippen MR) is 122 cm³/mol. The van der Waals surface area contributed by atoms with Gasteiger partial charge in [0.05, 0.1) is 10.6 Å². The third-order valence-corrected chi connectivity index (χ3v) is 7.96. The first kappa shape index (κ1) is 21.6. The van der Waals surface area contributed by atoms with Crippen LogP contribution in [-0.2, 0) is 16.4 Å². The van der Waals surface area contributed by atoms with E-state index in [1.165, 1.54) is 16.4 Å². The summed E-state index contributed by atoms with van der Waals surface area (Å²) in [6.45, 7) is 4.29. The molecular formula is C24H26N4O4S. The first-order chi connectivity index (χ1) is 15.8. The third-order valence-electron chi connectivity index (χ3n) is 6.15. The molecule has 3 aromatic rings. The summed E-state index contributed by atoms with van der Waals surface area (Å²) in [6, 6.07) is 13.1. The number of sulfonamides is 1. The molecule has 1 aromatic heterocycles. The normalized spacial score (nSPS) is 16.6. The van der Waals surface area contributed by atoms with Gasteiger partial charge in [0.25, 0.3) is 15.9 Å². The summed E-state index contributed by atoms with van der Waals surface area (Å²) in [4.78, 5) is 17.6. The second kappa shape index (κ2) is 8.30. The zero-order valence-corrected chi connectivity index (χ0v) is 19.4. The molecule has 1 atom stereocenters. The van der Waals surface area contributed by atoms with Gasteiger partial charge in [-0.2, -0.15) is 4.98 Å². The molecule has 1 unspecified atom stereocenters. The molecular weight excluding hydrogens is 440 g/mol. The van der Waals surface area contributed by atoms with Crippen LogP contribution in [0.25, 0.3) is 0 Å². The lowest BCUT2D eigenvalue weighted by Crippen LogP contribution is -2.32. The molecule has 1 aliphatic carbocycles. The van der Waals surface area contributed by atoms with Crippen molar-refractivity contribution in [2.24, 2.45) is 5.92 Å². The highest BCUT2D eigenvalue weighted by molar-refractivity contribution is 7.92. The zero-order valence-electron chi connectivity index (χ0n) is 18.6.